The first-order chi connectivity index (χ1) is 8.97. The van der Waals surface area contributed by atoms with E-state index in [1.807, 2.05) is 25.1 Å². The third kappa shape index (κ3) is 3.64. The molecule has 2 rings (SSSR count). The Kier molecular flexibility index (Phi) is 4.75. The second-order valence-corrected chi connectivity index (χ2v) is 5.72. The molecule has 1 nitrogen and oxygen atoms in total. The van der Waals surface area contributed by atoms with Gasteiger partial charge in [0, 0.05) is 21.5 Å². The van der Waals surface area contributed by atoms with Crippen molar-refractivity contribution in [2.45, 2.75) is 19.4 Å². The first kappa shape index (κ1) is 14.7. The van der Waals surface area contributed by atoms with Crippen molar-refractivity contribution in [1.29, 1.82) is 0 Å². The minimum Gasteiger partial charge on any atom is -0.388 e. The highest BCUT2D eigenvalue weighted by Gasteiger charge is 2.12. The standard InChI is InChI=1S/C15H13Cl3O/c1-9-6-11(3-5-13(9)17)15(19)7-10-2-4-12(16)8-14(10)18/h2-6,8,15,19H,7H2,1H3. The van der Waals surface area contributed by atoms with E-state index in [1.165, 1.54) is 0 Å². The monoisotopic (exact) mass is 314 g/mol. The smallest absolute Gasteiger partial charge is 0.0831 e. The topological polar surface area (TPSA) is 20.2 Å². The summed E-state index contributed by atoms with van der Waals surface area (Å²) < 4.78 is 0. The summed E-state index contributed by atoms with van der Waals surface area (Å²) in [6, 6.07) is 10.8. The molecule has 100 valence electrons. The second-order valence-electron chi connectivity index (χ2n) is 4.46. The molecule has 0 aromatic heterocycles. The molecule has 0 saturated heterocycles. The van der Waals surface area contributed by atoms with E-state index < -0.39 is 6.10 Å². The third-order valence-corrected chi connectivity index (χ3v) is 4.01. The van der Waals surface area contributed by atoms with Crippen LogP contribution >= 0.6 is 34.8 Å². The summed E-state index contributed by atoms with van der Waals surface area (Å²) in [6.45, 7) is 1.91. The van der Waals surface area contributed by atoms with E-state index in [9.17, 15) is 5.11 Å². The number of hydrogen-bond donors (Lipinski definition) is 1. The molecule has 0 heterocycles. The zero-order chi connectivity index (χ0) is 14.0. The molecule has 1 unspecified atom stereocenters. The summed E-state index contributed by atoms with van der Waals surface area (Å²) in [5.74, 6) is 0. The van der Waals surface area contributed by atoms with E-state index in [0.29, 0.717) is 21.5 Å². The molecule has 19 heavy (non-hydrogen) atoms. The zero-order valence-corrected chi connectivity index (χ0v) is 12.6. The van der Waals surface area contributed by atoms with Crippen molar-refractivity contribution >= 4 is 34.8 Å². The van der Waals surface area contributed by atoms with Gasteiger partial charge in [0.05, 0.1) is 6.10 Å². The van der Waals surface area contributed by atoms with E-state index >= 15 is 0 Å². The van der Waals surface area contributed by atoms with Gasteiger partial charge < -0.3 is 5.11 Å². The lowest BCUT2D eigenvalue weighted by atomic mass is 10.00. The van der Waals surface area contributed by atoms with Crippen LogP contribution in [0, 0.1) is 6.92 Å². The Morgan fingerprint density at radius 1 is 1.00 bits per heavy atom. The zero-order valence-electron chi connectivity index (χ0n) is 10.3. The summed E-state index contributed by atoms with van der Waals surface area (Å²) >= 11 is 17.9. The Morgan fingerprint density at radius 3 is 2.37 bits per heavy atom. The van der Waals surface area contributed by atoms with Gasteiger partial charge in [-0.05, 0) is 41.8 Å². The van der Waals surface area contributed by atoms with Crippen molar-refractivity contribution in [3.63, 3.8) is 0 Å². The Morgan fingerprint density at radius 2 is 1.74 bits per heavy atom. The van der Waals surface area contributed by atoms with Gasteiger partial charge in [0.25, 0.3) is 0 Å². The van der Waals surface area contributed by atoms with E-state index in [1.54, 1.807) is 18.2 Å². The molecule has 4 heteroatoms. The fraction of sp³-hybridized carbons (Fsp3) is 0.200. The number of aliphatic hydroxyl groups is 1. The van der Waals surface area contributed by atoms with Crippen molar-refractivity contribution in [2.24, 2.45) is 0 Å². The molecular formula is C15H13Cl3O. The van der Waals surface area contributed by atoms with Crippen LogP contribution in [0.1, 0.15) is 22.8 Å². The Balaban J connectivity index is 2.20. The molecule has 1 atom stereocenters. The summed E-state index contributed by atoms with van der Waals surface area (Å²) in [5.41, 5.74) is 2.64. The molecule has 0 aliphatic carbocycles. The normalized spacial score (nSPS) is 12.5. The highest BCUT2D eigenvalue weighted by Crippen LogP contribution is 2.27. The van der Waals surface area contributed by atoms with E-state index in [0.717, 1.165) is 16.7 Å². The fourth-order valence-corrected chi connectivity index (χ4v) is 2.49. The van der Waals surface area contributed by atoms with Gasteiger partial charge in [-0.2, -0.15) is 0 Å². The molecule has 0 bridgehead atoms. The second kappa shape index (κ2) is 6.15. The number of rotatable bonds is 3. The van der Waals surface area contributed by atoms with Crippen molar-refractivity contribution in [1.82, 2.24) is 0 Å². The fourth-order valence-electron chi connectivity index (χ4n) is 1.89. The highest BCUT2D eigenvalue weighted by atomic mass is 35.5. The van der Waals surface area contributed by atoms with Crippen LogP contribution in [0.25, 0.3) is 0 Å². The number of hydrogen-bond acceptors (Lipinski definition) is 1. The lowest BCUT2D eigenvalue weighted by Gasteiger charge is -2.13. The van der Waals surface area contributed by atoms with Gasteiger partial charge in [-0.25, -0.2) is 0 Å². The molecule has 0 spiro atoms. The van der Waals surface area contributed by atoms with E-state index in [4.69, 9.17) is 34.8 Å². The number of halogens is 3. The van der Waals surface area contributed by atoms with Crippen LogP contribution in [0.2, 0.25) is 15.1 Å². The predicted molar refractivity (Wildman–Crippen MR) is 81.3 cm³/mol. The van der Waals surface area contributed by atoms with Gasteiger partial charge in [-0.1, -0.05) is 53.0 Å². The number of aliphatic hydroxyl groups excluding tert-OH is 1. The summed E-state index contributed by atoms with van der Waals surface area (Å²) in [7, 11) is 0. The lowest BCUT2D eigenvalue weighted by Crippen LogP contribution is -2.02. The number of benzene rings is 2. The van der Waals surface area contributed by atoms with Gasteiger partial charge in [-0.15, -0.1) is 0 Å². The molecule has 0 saturated carbocycles. The lowest BCUT2D eigenvalue weighted by molar-refractivity contribution is 0.178. The molecule has 0 fully saturated rings. The SMILES string of the molecule is Cc1cc(C(O)Cc2ccc(Cl)cc2Cl)ccc1Cl. The maximum Gasteiger partial charge on any atom is 0.0831 e. The molecule has 0 amide bonds. The minimum atomic E-state index is -0.616. The maximum absolute atomic E-state index is 10.2. The minimum absolute atomic E-state index is 0.442. The first-order valence-electron chi connectivity index (χ1n) is 5.85. The van der Waals surface area contributed by atoms with Crippen molar-refractivity contribution < 1.29 is 5.11 Å². The van der Waals surface area contributed by atoms with Crippen LogP contribution < -0.4 is 0 Å². The van der Waals surface area contributed by atoms with Gasteiger partial charge in [0.15, 0.2) is 0 Å². The van der Waals surface area contributed by atoms with Crippen LogP contribution in [0.4, 0.5) is 0 Å². The van der Waals surface area contributed by atoms with Crippen molar-refractivity contribution in [3.05, 3.63) is 68.2 Å². The maximum atomic E-state index is 10.2. The first-order valence-corrected chi connectivity index (χ1v) is 6.99. The molecule has 2 aromatic carbocycles. The van der Waals surface area contributed by atoms with Crippen LogP contribution in [0.15, 0.2) is 36.4 Å². The average molecular weight is 316 g/mol. The summed E-state index contributed by atoms with van der Waals surface area (Å²) in [6.07, 6.45) is -0.175. The molecular weight excluding hydrogens is 303 g/mol. The molecule has 0 radical (unpaired) electrons. The Bertz CT molecular complexity index is 596. The quantitative estimate of drug-likeness (QED) is 0.822. The van der Waals surface area contributed by atoms with Crippen LogP contribution in [-0.4, -0.2) is 5.11 Å². The summed E-state index contributed by atoms with van der Waals surface area (Å²) in [4.78, 5) is 0. The van der Waals surface area contributed by atoms with Gasteiger partial charge in [0.1, 0.15) is 0 Å². The van der Waals surface area contributed by atoms with Gasteiger partial charge in [0.2, 0.25) is 0 Å². The van der Waals surface area contributed by atoms with Crippen LogP contribution in [0.5, 0.6) is 0 Å². The van der Waals surface area contributed by atoms with Gasteiger partial charge in [-0.3, -0.25) is 0 Å². The van der Waals surface area contributed by atoms with Crippen molar-refractivity contribution in [3.8, 4) is 0 Å². The Hall–Kier alpha value is -0.730. The molecule has 2 aromatic rings. The van der Waals surface area contributed by atoms with Crippen molar-refractivity contribution in [2.75, 3.05) is 0 Å². The highest BCUT2D eigenvalue weighted by molar-refractivity contribution is 6.35. The third-order valence-electron chi connectivity index (χ3n) is 3.00. The summed E-state index contributed by atoms with van der Waals surface area (Å²) in [5, 5.41) is 12.1. The molecule has 1 N–H and O–H groups in total. The molecule has 0 aliphatic rings. The van der Waals surface area contributed by atoms with E-state index in [2.05, 4.69) is 0 Å². The largest absolute Gasteiger partial charge is 0.388 e. The number of aryl methyl sites for hydroxylation is 1. The predicted octanol–water partition coefficient (Wildman–Crippen LogP) is 5.23. The molecule has 0 aliphatic heterocycles. The van der Waals surface area contributed by atoms with Crippen LogP contribution in [0.3, 0.4) is 0 Å². The average Bonchev–Trinajstić information content (AvgIpc) is 2.36. The van der Waals surface area contributed by atoms with E-state index in [-0.39, 0.29) is 0 Å². The Labute approximate surface area is 127 Å². The van der Waals surface area contributed by atoms with Crippen LogP contribution in [-0.2, 0) is 6.42 Å². The van der Waals surface area contributed by atoms with Gasteiger partial charge >= 0.3 is 0 Å².